The first kappa shape index (κ1) is 20.5. The molecular weight excluding hydrogens is 368 g/mol. The van der Waals surface area contributed by atoms with Gasteiger partial charge in [0.15, 0.2) is 28.9 Å². The van der Waals surface area contributed by atoms with Crippen LogP contribution in [0.25, 0.3) is 0 Å². The second kappa shape index (κ2) is 8.45. The normalized spacial score (nSPS) is 18.6. The van der Waals surface area contributed by atoms with Crippen molar-refractivity contribution in [1.82, 2.24) is 5.32 Å². The molecule has 1 unspecified atom stereocenters. The Morgan fingerprint density at radius 1 is 1.03 bits per heavy atom. The van der Waals surface area contributed by atoms with Gasteiger partial charge in [-0.1, -0.05) is 44.2 Å². The van der Waals surface area contributed by atoms with Crippen LogP contribution < -0.4 is 31.0 Å². The summed E-state index contributed by atoms with van der Waals surface area (Å²) in [5.41, 5.74) is 14.6. The Morgan fingerprint density at radius 2 is 1.69 bits per heavy atom. The van der Waals surface area contributed by atoms with Crippen LogP contribution in [0.3, 0.4) is 0 Å². The first-order chi connectivity index (χ1) is 13.8. The fourth-order valence-electron chi connectivity index (χ4n) is 3.18. The third kappa shape index (κ3) is 4.63. The van der Waals surface area contributed by atoms with E-state index in [1.54, 1.807) is 26.5 Å². The predicted octanol–water partition coefficient (Wildman–Crippen LogP) is 2.86. The Labute approximate surface area is 171 Å². The minimum atomic E-state index is -1.03. The molecule has 0 radical (unpaired) electrons. The summed E-state index contributed by atoms with van der Waals surface area (Å²) in [7, 11) is 3.19. The monoisotopic (exact) mass is 396 g/mol. The molecule has 7 nitrogen and oxygen atoms in total. The molecule has 2 aromatic carbocycles. The van der Waals surface area contributed by atoms with Gasteiger partial charge in [-0.25, -0.2) is 4.99 Å². The van der Waals surface area contributed by atoms with E-state index in [2.05, 4.69) is 24.2 Å². The van der Waals surface area contributed by atoms with Crippen LogP contribution in [0.4, 0.5) is 0 Å². The molecule has 2 aromatic rings. The van der Waals surface area contributed by atoms with Crippen LogP contribution in [0, 0.1) is 0 Å². The number of hydrogen-bond acceptors (Lipinski definition) is 7. The molecule has 0 spiro atoms. The number of benzene rings is 2. The van der Waals surface area contributed by atoms with Crippen molar-refractivity contribution in [3.8, 4) is 17.2 Å². The average Bonchev–Trinajstić information content (AvgIpc) is 2.70. The lowest BCUT2D eigenvalue weighted by atomic mass is 10.0. The molecule has 7 heteroatoms. The lowest BCUT2D eigenvalue weighted by molar-refractivity contribution is 0.345. The fourth-order valence-corrected chi connectivity index (χ4v) is 3.18. The SMILES string of the molecule is COc1cc(OC2=CNC(N)(Cc3ccccc3)N=C2N)c(C(C)C)cc1OC. The van der Waals surface area contributed by atoms with Gasteiger partial charge in [0, 0.05) is 24.3 Å². The molecule has 0 bridgehead atoms. The van der Waals surface area contributed by atoms with Crippen LogP contribution in [0.1, 0.15) is 30.9 Å². The van der Waals surface area contributed by atoms with Gasteiger partial charge >= 0.3 is 0 Å². The molecule has 0 aromatic heterocycles. The Hall–Kier alpha value is -3.19. The van der Waals surface area contributed by atoms with E-state index in [1.165, 1.54) is 0 Å². The number of methoxy groups -OCH3 is 2. The van der Waals surface area contributed by atoms with Crippen molar-refractivity contribution in [3.63, 3.8) is 0 Å². The summed E-state index contributed by atoms with van der Waals surface area (Å²) in [4.78, 5) is 4.45. The van der Waals surface area contributed by atoms with Gasteiger partial charge in [-0.3, -0.25) is 5.73 Å². The fraction of sp³-hybridized carbons (Fsp3) is 0.318. The van der Waals surface area contributed by atoms with Gasteiger partial charge < -0.3 is 25.3 Å². The van der Waals surface area contributed by atoms with E-state index in [0.29, 0.717) is 29.4 Å². The van der Waals surface area contributed by atoms with Crippen molar-refractivity contribution < 1.29 is 14.2 Å². The number of nitrogens with one attached hydrogen (secondary N) is 1. The maximum atomic E-state index is 6.38. The van der Waals surface area contributed by atoms with Crippen molar-refractivity contribution in [2.24, 2.45) is 16.5 Å². The van der Waals surface area contributed by atoms with Gasteiger partial charge in [-0.05, 0) is 17.5 Å². The number of ether oxygens (including phenoxy) is 3. The van der Waals surface area contributed by atoms with Gasteiger partial charge in [0.05, 0.1) is 14.2 Å². The highest BCUT2D eigenvalue weighted by Crippen LogP contribution is 2.39. The summed E-state index contributed by atoms with van der Waals surface area (Å²) in [6, 6.07) is 13.6. The molecule has 0 amide bonds. The summed E-state index contributed by atoms with van der Waals surface area (Å²) in [6.45, 7) is 4.15. The summed E-state index contributed by atoms with van der Waals surface area (Å²) < 4.78 is 16.9. The summed E-state index contributed by atoms with van der Waals surface area (Å²) in [5.74, 6) is 1.63. The van der Waals surface area contributed by atoms with Gasteiger partial charge in [-0.2, -0.15) is 0 Å². The number of nitrogens with two attached hydrogens (primary N) is 2. The zero-order valence-corrected chi connectivity index (χ0v) is 17.2. The van der Waals surface area contributed by atoms with E-state index in [9.17, 15) is 0 Å². The largest absolute Gasteiger partial charge is 0.493 e. The number of amidine groups is 1. The maximum Gasteiger partial charge on any atom is 0.188 e. The molecule has 0 saturated carbocycles. The number of rotatable bonds is 7. The molecule has 1 aliphatic heterocycles. The minimum Gasteiger partial charge on any atom is -0.493 e. The number of nitrogens with zero attached hydrogens (tertiary/aromatic N) is 1. The van der Waals surface area contributed by atoms with E-state index in [0.717, 1.165) is 11.1 Å². The third-order valence-electron chi connectivity index (χ3n) is 4.70. The molecule has 0 fully saturated rings. The van der Waals surface area contributed by atoms with Crippen LogP contribution in [-0.2, 0) is 6.42 Å². The van der Waals surface area contributed by atoms with Crippen LogP contribution in [0.5, 0.6) is 17.2 Å². The lowest BCUT2D eigenvalue weighted by Crippen LogP contribution is -2.55. The van der Waals surface area contributed by atoms with Gasteiger partial charge in [0.25, 0.3) is 0 Å². The topological polar surface area (TPSA) is 104 Å². The molecule has 3 rings (SSSR count). The highest BCUT2D eigenvalue weighted by molar-refractivity contribution is 5.96. The predicted molar refractivity (Wildman–Crippen MR) is 114 cm³/mol. The molecule has 0 aliphatic carbocycles. The second-order valence-corrected chi connectivity index (χ2v) is 7.24. The molecule has 1 aliphatic rings. The van der Waals surface area contributed by atoms with E-state index in [-0.39, 0.29) is 11.8 Å². The summed E-state index contributed by atoms with van der Waals surface area (Å²) >= 11 is 0. The van der Waals surface area contributed by atoms with Crippen LogP contribution in [0.15, 0.2) is 59.4 Å². The minimum absolute atomic E-state index is 0.201. The smallest absolute Gasteiger partial charge is 0.188 e. The first-order valence-corrected chi connectivity index (χ1v) is 9.45. The average molecular weight is 396 g/mol. The van der Waals surface area contributed by atoms with Crippen molar-refractivity contribution in [3.05, 3.63) is 65.6 Å². The van der Waals surface area contributed by atoms with E-state index in [1.807, 2.05) is 36.4 Å². The first-order valence-electron chi connectivity index (χ1n) is 9.45. The van der Waals surface area contributed by atoms with E-state index >= 15 is 0 Å². The van der Waals surface area contributed by atoms with Gasteiger partial charge in [0.1, 0.15) is 5.75 Å². The van der Waals surface area contributed by atoms with E-state index in [4.69, 9.17) is 25.7 Å². The number of aliphatic imine (C=N–C) groups is 1. The molecule has 0 saturated heterocycles. The number of hydrogen-bond donors (Lipinski definition) is 3. The highest BCUT2D eigenvalue weighted by Gasteiger charge is 2.29. The molecule has 1 atom stereocenters. The van der Waals surface area contributed by atoms with Gasteiger partial charge in [-0.15, -0.1) is 0 Å². The van der Waals surface area contributed by atoms with Crippen molar-refractivity contribution in [1.29, 1.82) is 0 Å². The summed E-state index contributed by atoms with van der Waals surface area (Å²) in [5, 5.41) is 3.11. The van der Waals surface area contributed by atoms with Crippen LogP contribution >= 0.6 is 0 Å². The third-order valence-corrected chi connectivity index (χ3v) is 4.70. The highest BCUT2D eigenvalue weighted by atomic mass is 16.5. The zero-order chi connectivity index (χ0) is 21.0. The Bertz CT molecular complexity index is 925. The Morgan fingerprint density at radius 3 is 2.28 bits per heavy atom. The summed E-state index contributed by atoms with van der Waals surface area (Å²) in [6.07, 6.45) is 2.15. The Kier molecular flexibility index (Phi) is 5.98. The van der Waals surface area contributed by atoms with Crippen LogP contribution in [0.2, 0.25) is 0 Å². The molecular formula is C22H28N4O3. The second-order valence-electron chi connectivity index (χ2n) is 7.24. The van der Waals surface area contributed by atoms with Crippen molar-refractivity contribution in [2.75, 3.05) is 14.2 Å². The van der Waals surface area contributed by atoms with E-state index < -0.39 is 5.79 Å². The van der Waals surface area contributed by atoms with Gasteiger partial charge in [0.2, 0.25) is 0 Å². The molecule has 154 valence electrons. The van der Waals surface area contributed by atoms with Crippen LogP contribution in [-0.4, -0.2) is 25.8 Å². The molecule has 29 heavy (non-hydrogen) atoms. The molecule has 5 N–H and O–H groups in total. The Balaban J connectivity index is 1.84. The molecule has 1 heterocycles. The van der Waals surface area contributed by atoms with Crippen molar-refractivity contribution in [2.45, 2.75) is 32.0 Å². The quantitative estimate of drug-likeness (QED) is 0.665. The standard InChI is InChI=1S/C22H28N4O3/c1-14(2)16-10-18(27-3)19(28-4)11-17(16)29-20-13-25-22(24,26-21(20)23)12-15-8-6-5-7-9-15/h5-11,13-14,25H,12,24H2,1-4H3,(H2,23,26). The van der Waals surface area contributed by atoms with Crippen molar-refractivity contribution >= 4 is 5.84 Å². The lowest BCUT2D eigenvalue weighted by Gasteiger charge is -2.30. The maximum absolute atomic E-state index is 6.38. The zero-order valence-electron chi connectivity index (χ0n) is 17.2.